The van der Waals surface area contributed by atoms with Crippen molar-refractivity contribution in [2.24, 2.45) is 0 Å². The van der Waals surface area contributed by atoms with Crippen molar-refractivity contribution in [1.29, 1.82) is 0 Å². The average Bonchev–Trinajstić information content (AvgIpc) is 3.06. The van der Waals surface area contributed by atoms with Crippen LogP contribution in [-0.4, -0.2) is 75.9 Å². The number of hydrogen-bond donors (Lipinski definition) is 3. The molecule has 0 bridgehead atoms. The molecule has 1 heterocycles. The number of hydrogen-bond acceptors (Lipinski definition) is 6. The van der Waals surface area contributed by atoms with Crippen LogP contribution in [-0.2, 0) is 14.2 Å². The first kappa shape index (κ1) is 20.2. The summed E-state index contributed by atoms with van der Waals surface area (Å²) in [5, 5.41) is 12.8. The fourth-order valence-corrected chi connectivity index (χ4v) is 2.25. The molecule has 0 fully saturated rings. The molecule has 2 rings (SSSR count). The average molecular weight is 366 g/mol. The van der Waals surface area contributed by atoms with Crippen molar-refractivity contribution in [2.75, 3.05) is 59.8 Å². The zero-order chi connectivity index (χ0) is 18.6. The molecule has 0 saturated heterocycles. The number of rotatable bonds is 14. The van der Waals surface area contributed by atoms with E-state index in [1.54, 1.807) is 18.2 Å². The maximum atomic E-state index is 11.0. The molecule has 0 radical (unpaired) electrons. The summed E-state index contributed by atoms with van der Waals surface area (Å²) in [6.45, 7) is 4.52. The number of ether oxygens (including phenoxy) is 4. The Bertz CT molecular complexity index is 673. The summed E-state index contributed by atoms with van der Waals surface area (Å²) in [7, 11) is 1.88. The van der Waals surface area contributed by atoms with Crippen molar-refractivity contribution >= 4 is 16.9 Å². The van der Waals surface area contributed by atoms with Gasteiger partial charge in [-0.3, -0.25) is 0 Å². The smallest absolute Gasteiger partial charge is 0.352 e. The molecular formula is C18H26N2O6. The maximum Gasteiger partial charge on any atom is 0.352 e. The van der Waals surface area contributed by atoms with Crippen LogP contribution in [0.1, 0.15) is 10.5 Å². The van der Waals surface area contributed by atoms with Crippen molar-refractivity contribution in [3.8, 4) is 5.75 Å². The highest BCUT2D eigenvalue weighted by Gasteiger charge is 2.07. The van der Waals surface area contributed by atoms with Crippen molar-refractivity contribution in [1.82, 2.24) is 10.3 Å². The number of carbonyl (C=O) groups is 1. The van der Waals surface area contributed by atoms with Gasteiger partial charge in [0.2, 0.25) is 0 Å². The Hall–Kier alpha value is -2.13. The van der Waals surface area contributed by atoms with E-state index in [4.69, 9.17) is 24.1 Å². The Morgan fingerprint density at radius 2 is 1.65 bits per heavy atom. The van der Waals surface area contributed by atoms with Crippen LogP contribution in [0.3, 0.4) is 0 Å². The number of carboxylic acid groups (broad SMARTS) is 1. The molecule has 0 spiro atoms. The Morgan fingerprint density at radius 1 is 1.00 bits per heavy atom. The lowest BCUT2D eigenvalue weighted by Crippen LogP contribution is -2.17. The van der Waals surface area contributed by atoms with Crippen molar-refractivity contribution in [3.05, 3.63) is 30.0 Å². The number of carboxylic acids is 1. The largest absolute Gasteiger partial charge is 0.491 e. The second kappa shape index (κ2) is 11.5. The molecule has 0 aliphatic heterocycles. The predicted octanol–water partition coefficient (Wildman–Crippen LogP) is 1.51. The van der Waals surface area contributed by atoms with E-state index in [-0.39, 0.29) is 5.69 Å². The first-order chi connectivity index (χ1) is 12.7. The lowest BCUT2D eigenvalue weighted by atomic mass is 10.2. The highest BCUT2D eigenvalue weighted by molar-refractivity contribution is 5.94. The van der Waals surface area contributed by atoms with Crippen LogP contribution < -0.4 is 10.1 Å². The Labute approximate surface area is 152 Å². The van der Waals surface area contributed by atoms with E-state index in [0.29, 0.717) is 52.0 Å². The topological polar surface area (TPSA) is 102 Å². The minimum atomic E-state index is -0.983. The van der Waals surface area contributed by atoms with E-state index in [1.165, 1.54) is 0 Å². The van der Waals surface area contributed by atoms with Gasteiger partial charge < -0.3 is 34.4 Å². The molecule has 0 saturated carbocycles. The molecular weight excluding hydrogens is 340 g/mol. The minimum absolute atomic E-state index is 0.160. The van der Waals surface area contributed by atoms with Gasteiger partial charge in [0.1, 0.15) is 18.1 Å². The highest BCUT2D eigenvalue weighted by Crippen LogP contribution is 2.21. The Balaban J connectivity index is 1.53. The third-order valence-corrected chi connectivity index (χ3v) is 3.56. The van der Waals surface area contributed by atoms with Crippen LogP contribution in [0.4, 0.5) is 0 Å². The van der Waals surface area contributed by atoms with E-state index >= 15 is 0 Å². The van der Waals surface area contributed by atoms with E-state index < -0.39 is 5.97 Å². The normalized spacial score (nSPS) is 11.1. The molecule has 0 amide bonds. The summed E-state index contributed by atoms with van der Waals surface area (Å²) in [4.78, 5) is 13.8. The van der Waals surface area contributed by atoms with Crippen LogP contribution in [0.2, 0.25) is 0 Å². The Kier molecular flexibility index (Phi) is 8.91. The molecule has 1 aromatic heterocycles. The van der Waals surface area contributed by atoms with E-state index in [2.05, 4.69) is 10.3 Å². The van der Waals surface area contributed by atoms with E-state index in [1.807, 2.05) is 13.1 Å². The SMILES string of the molecule is CNCCOCCOCCOCCOc1ccc2cc(C(=O)O)[nH]c2c1. The van der Waals surface area contributed by atoms with Crippen molar-refractivity contribution in [3.63, 3.8) is 0 Å². The highest BCUT2D eigenvalue weighted by atomic mass is 16.6. The lowest BCUT2D eigenvalue weighted by molar-refractivity contribution is 0.0100. The van der Waals surface area contributed by atoms with Crippen LogP contribution >= 0.6 is 0 Å². The summed E-state index contributed by atoms with van der Waals surface area (Å²) < 4.78 is 21.8. The van der Waals surface area contributed by atoms with Gasteiger partial charge in [-0.15, -0.1) is 0 Å². The number of nitrogens with one attached hydrogen (secondary N) is 2. The van der Waals surface area contributed by atoms with Gasteiger partial charge in [-0.25, -0.2) is 4.79 Å². The number of aromatic nitrogens is 1. The molecule has 0 aliphatic rings. The number of aromatic carboxylic acids is 1. The van der Waals surface area contributed by atoms with Crippen molar-refractivity contribution < 1.29 is 28.8 Å². The third-order valence-electron chi connectivity index (χ3n) is 3.56. The Morgan fingerprint density at radius 3 is 2.31 bits per heavy atom. The first-order valence-electron chi connectivity index (χ1n) is 8.57. The molecule has 8 nitrogen and oxygen atoms in total. The van der Waals surface area contributed by atoms with Gasteiger partial charge >= 0.3 is 5.97 Å². The standard InChI is InChI=1S/C18H26N2O6/c1-19-4-5-23-6-7-24-8-9-25-10-11-26-15-3-2-14-12-17(18(21)22)20-16(14)13-15/h2-3,12-13,19-20H,4-11H2,1H3,(H,21,22). The van der Waals surface area contributed by atoms with Gasteiger partial charge in [0.15, 0.2) is 0 Å². The molecule has 2 aromatic rings. The zero-order valence-corrected chi connectivity index (χ0v) is 15.0. The van der Waals surface area contributed by atoms with Crippen LogP contribution in [0, 0.1) is 0 Å². The molecule has 0 atom stereocenters. The van der Waals surface area contributed by atoms with Crippen LogP contribution in [0.15, 0.2) is 24.3 Å². The van der Waals surface area contributed by atoms with Gasteiger partial charge in [-0.1, -0.05) is 0 Å². The lowest BCUT2D eigenvalue weighted by Gasteiger charge is -2.08. The van der Waals surface area contributed by atoms with Crippen LogP contribution in [0.5, 0.6) is 5.75 Å². The molecule has 0 aliphatic carbocycles. The summed E-state index contributed by atoms with van der Waals surface area (Å²) >= 11 is 0. The summed E-state index contributed by atoms with van der Waals surface area (Å²) in [5.41, 5.74) is 0.888. The second-order valence-corrected chi connectivity index (χ2v) is 5.53. The maximum absolute atomic E-state index is 11.0. The molecule has 8 heteroatoms. The minimum Gasteiger partial charge on any atom is -0.491 e. The van der Waals surface area contributed by atoms with Crippen LogP contribution in [0.25, 0.3) is 10.9 Å². The summed E-state index contributed by atoms with van der Waals surface area (Å²) in [5.74, 6) is -0.321. The van der Waals surface area contributed by atoms with Gasteiger partial charge in [0.25, 0.3) is 0 Å². The molecule has 1 aromatic carbocycles. The second-order valence-electron chi connectivity index (χ2n) is 5.53. The number of aromatic amines is 1. The van der Waals surface area contributed by atoms with Gasteiger partial charge in [0, 0.05) is 23.5 Å². The quantitative estimate of drug-likeness (QED) is 0.436. The number of H-pyrrole nitrogens is 1. The predicted molar refractivity (Wildman–Crippen MR) is 97.1 cm³/mol. The summed E-state index contributed by atoms with van der Waals surface area (Å²) in [6.07, 6.45) is 0. The number of fused-ring (bicyclic) bond motifs is 1. The van der Waals surface area contributed by atoms with Gasteiger partial charge in [-0.05, 0) is 25.2 Å². The van der Waals surface area contributed by atoms with Gasteiger partial charge in [-0.2, -0.15) is 0 Å². The molecule has 3 N–H and O–H groups in total. The fourth-order valence-electron chi connectivity index (χ4n) is 2.25. The fraction of sp³-hybridized carbons (Fsp3) is 0.500. The monoisotopic (exact) mass is 366 g/mol. The number of likely N-dealkylation sites (N-methyl/N-ethyl adjacent to an activating group) is 1. The molecule has 26 heavy (non-hydrogen) atoms. The third kappa shape index (κ3) is 7.01. The number of benzene rings is 1. The molecule has 0 unspecified atom stereocenters. The van der Waals surface area contributed by atoms with E-state index in [9.17, 15) is 4.79 Å². The van der Waals surface area contributed by atoms with Gasteiger partial charge in [0.05, 0.1) is 39.6 Å². The summed E-state index contributed by atoms with van der Waals surface area (Å²) in [6, 6.07) is 7.00. The van der Waals surface area contributed by atoms with E-state index in [0.717, 1.165) is 17.4 Å². The molecule has 144 valence electrons. The zero-order valence-electron chi connectivity index (χ0n) is 15.0. The van der Waals surface area contributed by atoms with Crippen molar-refractivity contribution in [2.45, 2.75) is 0 Å². The first-order valence-corrected chi connectivity index (χ1v) is 8.57.